The quantitative estimate of drug-likeness (QED) is 0.715. The van der Waals surface area contributed by atoms with E-state index in [1.807, 2.05) is 6.07 Å². The summed E-state index contributed by atoms with van der Waals surface area (Å²) in [4.78, 5) is 24.1. The predicted octanol–water partition coefficient (Wildman–Crippen LogP) is 3.56. The number of amides is 1. The molecule has 3 rings (SSSR count). The lowest BCUT2D eigenvalue weighted by Crippen LogP contribution is -2.24. The summed E-state index contributed by atoms with van der Waals surface area (Å²) in [6.45, 7) is 0.242. The topological polar surface area (TPSA) is 79.8 Å². The maximum atomic E-state index is 12.7. The van der Waals surface area contributed by atoms with Crippen LogP contribution in [0.3, 0.4) is 0 Å². The highest BCUT2D eigenvalue weighted by Gasteiger charge is 2.30. The van der Waals surface area contributed by atoms with E-state index in [9.17, 15) is 18.0 Å². The molecule has 138 valence electrons. The van der Waals surface area contributed by atoms with Crippen molar-refractivity contribution in [2.24, 2.45) is 0 Å². The van der Waals surface area contributed by atoms with E-state index in [1.54, 1.807) is 18.3 Å². The van der Waals surface area contributed by atoms with Gasteiger partial charge in [-0.3, -0.25) is 9.78 Å². The van der Waals surface area contributed by atoms with E-state index in [2.05, 4.69) is 25.6 Å². The van der Waals surface area contributed by atoms with E-state index in [0.717, 1.165) is 12.1 Å². The molecule has 3 aromatic rings. The molecule has 0 atom stereocenters. The lowest BCUT2D eigenvalue weighted by Gasteiger charge is -2.10. The van der Waals surface area contributed by atoms with Crippen LogP contribution in [0.5, 0.6) is 0 Å². The summed E-state index contributed by atoms with van der Waals surface area (Å²) < 4.78 is 38.2. The molecular weight excluding hydrogens is 359 g/mol. The van der Waals surface area contributed by atoms with E-state index in [0.29, 0.717) is 5.69 Å². The number of halogens is 3. The summed E-state index contributed by atoms with van der Waals surface area (Å²) in [7, 11) is 0. The number of benzene rings is 1. The molecule has 2 N–H and O–H groups in total. The fourth-order valence-corrected chi connectivity index (χ4v) is 2.20. The average molecular weight is 373 g/mol. The molecule has 1 aromatic carbocycles. The fourth-order valence-electron chi connectivity index (χ4n) is 2.20. The van der Waals surface area contributed by atoms with Crippen molar-refractivity contribution in [2.45, 2.75) is 12.7 Å². The van der Waals surface area contributed by atoms with Crippen LogP contribution in [0.25, 0.3) is 0 Å². The van der Waals surface area contributed by atoms with Gasteiger partial charge in [-0.05, 0) is 30.3 Å². The lowest BCUT2D eigenvalue weighted by atomic mass is 10.2. The van der Waals surface area contributed by atoms with Crippen LogP contribution in [0.4, 0.5) is 24.7 Å². The molecule has 0 aliphatic heterocycles. The van der Waals surface area contributed by atoms with Crippen molar-refractivity contribution in [1.29, 1.82) is 0 Å². The second-order valence-corrected chi connectivity index (χ2v) is 5.49. The van der Waals surface area contributed by atoms with E-state index < -0.39 is 17.6 Å². The Kier molecular flexibility index (Phi) is 5.30. The minimum Gasteiger partial charge on any atom is -0.345 e. The van der Waals surface area contributed by atoms with Gasteiger partial charge in [0.15, 0.2) is 0 Å². The average Bonchev–Trinajstić information content (AvgIpc) is 2.67. The Labute approximate surface area is 152 Å². The number of hydrogen-bond acceptors (Lipinski definition) is 5. The van der Waals surface area contributed by atoms with Gasteiger partial charge >= 0.3 is 6.18 Å². The van der Waals surface area contributed by atoms with Crippen molar-refractivity contribution in [3.63, 3.8) is 0 Å². The third-order valence-corrected chi connectivity index (χ3v) is 3.50. The molecule has 0 aliphatic rings. The fraction of sp³-hybridized carbons (Fsp3) is 0.111. The molecule has 1 amide bonds. The molecule has 0 bridgehead atoms. The number of rotatable bonds is 5. The molecular formula is C18H14F3N5O. The number of pyridine rings is 1. The molecule has 0 aliphatic carbocycles. The Morgan fingerprint density at radius 3 is 2.52 bits per heavy atom. The first-order chi connectivity index (χ1) is 12.9. The van der Waals surface area contributed by atoms with Crippen LogP contribution in [0.1, 0.15) is 21.7 Å². The van der Waals surface area contributed by atoms with E-state index >= 15 is 0 Å². The van der Waals surface area contributed by atoms with Gasteiger partial charge in [-0.25, -0.2) is 9.97 Å². The van der Waals surface area contributed by atoms with Crippen LogP contribution in [0.15, 0.2) is 61.1 Å². The number of alkyl halides is 3. The lowest BCUT2D eigenvalue weighted by molar-refractivity contribution is -0.137. The molecule has 0 unspecified atom stereocenters. The molecule has 9 heteroatoms. The van der Waals surface area contributed by atoms with E-state index in [1.165, 1.54) is 24.5 Å². The number of aromatic nitrogens is 3. The summed E-state index contributed by atoms with van der Waals surface area (Å²) in [5.41, 5.74) is 0.222. The van der Waals surface area contributed by atoms with Gasteiger partial charge < -0.3 is 10.6 Å². The zero-order valence-corrected chi connectivity index (χ0v) is 13.9. The number of nitrogens with zero attached hydrogens (tertiary/aromatic N) is 3. The van der Waals surface area contributed by atoms with Crippen LogP contribution in [-0.4, -0.2) is 20.9 Å². The van der Waals surface area contributed by atoms with Gasteiger partial charge in [-0.2, -0.15) is 13.2 Å². The Bertz CT molecular complexity index is 914. The van der Waals surface area contributed by atoms with Crippen molar-refractivity contribution < 1.29 is 18.0 Å². The standard InChI is InChI=1S/C18H14F3N5O/c19-18(20,21)12-4-3-6-13(8-12)26-16-11-23-15(10-24-16)17(27)25-9-14-5-1-2-7-22-14/h1-8,10-11H,9H2,(H,24,26)(H,25,27). The number of carbonyl (C=O) groups excluding carboxylic acids is 1. The summed E-state index contributed by atoms with van der Waals surface area (Å²) >= 11 is 0. The van der Waals surface area contributed by atoms with E-state index in [-0.39, 0.29) is 23.7 Å². The second kappa shape index (κ2) is 7.81. The Balaban J connectivity index is 1.62. The summed E-state index contributed by atoms with van der Waals surface area (Å²) in [5.74, 6) is -0.214. The number of hydrogen-bond donors (Lipinski definition) is 2. The molecule has 0 saturated carbocycles. The van der Waals surface area contributed by atoms with Crippen molar-refractivity contribution >= 4 is 17.4 Å². The number of anilines is 2. The predicted molar refractivity (Wildman–Crippen MR) is 92.2 cm³/mol. The number of carbonyl (C=O) groups is 1. The monoisotopic (exact) mass is 373 g/mol. The van der Waals surface area contributed by atoms with Crippen LogP contribution >= 0.6 is 0 Å². The third kappa shape index (κ3) is 5.00. The van der Waals surface area contributed by atoms with Crippen LogP contribution in [0, 0.1) is 0 Å². The Morgan fingerprint density at radius 2 is 1.85 bits per heavy atom. The van der Waals surface area contributed by atoms with Crippen molar-refractivity contribution in [3.8, 4) is 0 Å². The second-order valence-electron chi connectivity index (χ2n) is 5.49. The van der Waals surface area contributed by atoms with Gasteiger partial charge in [-0.1, -0.05) is 12.1 Å². The van der Waals surface area contributed by atoms with Crippen molar-refractivity contribution in [2.75, 3.05) is 5.32 Å². The minimum atomic E-state index is -4.43. The maximum Gasteiger partial charge on any atom is 0.416 e. The van der Waals surface area contributed by atoms with Crippen LogP contribution in [-0.2, 0) is 12.7 Å². The van der Waals surface area contributed by atoms with Gasteiger partial charge in [0.1, 0.15) is 11.5 Å². The van der Waals surface area contributed by atoms with Gasteiger partial charge in [0.05, 0.1) is 30.2 Å². The molecule has 27 heavy (non-hydrogen) atoms. The van der Waals surface area contributed by atoms with Crippen molar-refractivity contribution in [3.05, 3.63) is 78.0 Å². The molecule has 2 heterocycles. The third-order valence-electron chi connectivity index (χ3n) is 3.50. The van der Waals surface area contributed by atoms with Gasteiger partial charge in [0, 0.05) is 11.9 Å². The smallest absolute Gasteiger partial charge is 0.345 e. The normalized spacial score (nSPS) is 11.1. The summed E-state index contributed by atoms with van der Waals surface area (Å²) in [5, 5.41) is 5.38. The maximum absolute atomic E-state index is 12.7. The largest absolute Gasteiger partial charge is 0.416 e. The minimum absolute atomic E-state index is 0.0838. The van der Waals surface area contributed by atoms with Gasteiger partial charge in [0.2, 0.25) is 0 Å². The van der Waals surface area contributed by atoms with Crippen molar-refractivity contribution in [1.82, 2.24) is 20.3 Å². The van der Waals surface area contributed by atoms with E-state index in [4.69, 9.17) is 0 Å². The summed E-state index contributed by atoms with van der Waals surface area (Å²) in [6.07, 6.45) is -0.298. The number of nitrogens with one attached hydrogen (secondary N) is 2. The summed E-state index contributed by atoms with van der Waals surface area (Å²) in [6, 6.07) is 10.1. The Hall–Kier alpha value is -3.49. The van der Waals surface area contributed by atoms with Crippen LogP contribution < -0.4 is 10.6 Å². The molecule has 6 nitrogen and oxygen atoms in total. The first-order valence-corrected chi connectivity index (χ1v) is 7.86. The SMILES string of the molecule is O=C(NCc1ccccn1)c1cnc(Nc2cccc(C(F)(F)F)c2)cn1. The molecule has 0 radical (unpaired) electrons. The first kappa shape index (κ1) is 18.3. The molecule has 0 spiro atoms. The Morgan fingerprint density at radius 1 is 1.00 bits per heavy atom. The van der Waals surface area contributed by atoms with Crippen LogP contribution in [0.2, 0.25) is 0 Å². The zero-order valence-electron chi connectivity index (χ0n) is 13.9. The molecule has 0 fully saturated rings. The highest BCUT2D eigenvalue weighted by molar-refractivity contribution is 5.91. The van der Waals surface area contributed by atoms with Gasteiger partial charge in [0.25, 0.3) is 5.91 Å². The zero-order chi connectivity index (χ0) is 19.3. The molecule has 0 saturated heterocycles. The van der Waals surface area contributed by atoms with Gasteiger partial charge in [-0.15, -0.1) is 0 Å². The molecule has 2 aromatic heterocycles. The first-order valence-electron chi connectivity index (χ1n) is 7.86. The highest BCUT2D eigenvalue weighted by Crippen LogP contribution is 2.31. The highest BCUT2D eigenvalue weighted by atomic mass is 19.4.